The third-order valence-electron chi connectivity index (χ3n) is 10.3. The number of hydrogen-bond acceptors (Lipinski definition) is 6. The van der Waals surface area contributed by atoms with Crippen LogP contribution in [0, 0.1) is 28.6 Å². The van der Waals surface area contributed by atoms with Gasteiger partial charge in [0.05, 0.1) is 11.8 Å². The molecule has 4 N–H and O–H groups in total. The summed E-state index contributed by atoms with van der Waals surface area (Å²) in [6, 6.07) is -1.86. The van der Waals surface area contributed by atoms with Gasteiger partial charge < -0.3 is 25.7 Å². The number of carboxylic acid groups (broad SMARTS) is 1. The van der Waals surface area contributed by atoms with Gasteiger partial charge in [0, 0.05) is 0 Å². The molecule has 4 aliphatic carbocycles. The Morgan fingerprint density at radius 3 is 2.58 bits per heavy atom. The summed E-state index contributed by atoms with van der Waals surface area (Å²) in [5, 5.41) is 29.1. The van der Waals surface area contributed by atoms with Crippen molar-refractivity contribution in [2.45, 2.75) is 110 Å². The highest BCUT2D eigenvalue weighted by Gasteiger charge is 2.58. The number of fused-ring (bicyclic) bond motifs is 5. The number of aliphatic hydroxyl groups excluding tert-OH is 1. The summed E-state index contributed by atoms with van der Waals surface area (Å²) < 4.78 is 0. The first-order chi connectivity index (χ1) is 18.0. The molecule has 4 aliphatic rings. The van der Waals surface area contributed by atoms with Crippen molar-refractivity contribution in [3.8, 4) is 0 Å². The molecule has 0 radical (unpaired) electrons. The number of carbonyl (C=O) groups excluding carboxylic acids is 2. The summed E-state index contributed by atoms with van der Waals surface area (Å²) in [5.41, 5.74) is 2.52. The lowest BCUT2D eigenvalue weighted by atomic mass is 9.47. The Balaban J connectivity index is 1.30. The van der Waals surface area contributed by atoms with Crippen LogP contribution in [0.25, 0.3) is 0 Å². The van der Waals surface area contributed by atoms with Crippen molar-refractivity contribution in [1.82, 2.24) is 10.6 Å². The van der Waals surface area contributed by atoms with E-state index < -0.39 is 29.9 Å². The normalized spacial score (nSPS) is 36.7. The molecule has 0 aromatic rings. The fourth-order valence-corrected chi connectivity index (χ4v) is 7.98. The third kappa shape index (κ3) is 5.49. The number of hydrogen-bond donors (Lipinski definition) is 4. The molecule has 0 aliphatic heterocycles. The van der Waals surface area contributed by atoms with Gasteiger partial charge in [-0.15, -0.1) is 0 Å². The summed E-state index contributed by atoms with van der Waals surface area (Å²) >= 11 is 0. The van der Waals surface area contributed by atoms with E-state index in [1.54, 1.807) is 0 Å². The molecule has 4 rings (SSSR count). The van der Waals surface area contributed by atoms with E-state index in [9.17, 15) is 24.6 Å². The van der Waals surface area contributed by atoms with Gasteiger partial charge in [-0.1, -0.05) is 37.9 Å². The number of nitrogens with zero attached hydrogens (tertiary/aromatic N) is 1. The van der Waals surface area contributed by atoms with E-state index in [0.29, 0.717) is 30.6 Å². The van der Waals surface area contributed by atoms with Crippen molar-refractivity contribution < 1.29 is 29.4 Å². The maximum atomic E-state index is 12.3. The maximum Gasteiger partial charge on any atom is 0.326 e. The average Bonchev–Trinajstić information content (AvgIpc) is 3.18. The summed E-state index contributed by atoms with van der Waals surface area (Å²) in [5.74, 6) is -0.186. The average molecular weight is 532 g/mol. The Labute approximate surface area is 225 Å². The predicted octanol–water partition coefficient (Wildman–Crippen LogP) is 3.56. The minimum Gasteiger partial charge on any atom is -0.480 e. The van der Waals surface area contributed by atoms with Gasteiger partial charge in [0.1, 0.15) is 12.1 Å². The fourth-order valence-electron chi connectivity index (χ4n) is 7.98. The van der Waals surface area contributed by atoms with E-state index in [-0.39, 0.29) is 23.5 Å². The third-order valence-corrected chi connectivity index (χ3v) is 10.3. The summed E-state index contributed by atoms with van der Waals surface area (Å²) in [7, 11) is 0. The molecule has 0 aromatic heterocycles. The van der Waals surface area contributed by atoms with Crippen molar-refractivity contribution in [2.24, 2.45) is 33.7 Å². The summed E-state index contributed by atoms with van der Waals surface area (Å²) in [6.45, 7) is 7.76. The Hall–Kier alpha value is -2.42. The van der Waals surface area contributed by atoms with Crippen LogP contribution in [0.15, 0.2) is 16.8 Å². The lowest BCUT2D eigenvalue weighted by Crippen LogP contribution is -2.51. The first-order valence-electron chi connectivity index (χ1n) is 14.4. The standard InChI is InChI=1S/C29H45N3O6/c1-5-6-23(27(36)37)31-26(35)17(2)30-25(34)16-38-32-19-11-13-28(3)18(15-19)7-8-20-21-9-10-24(33)29(21,4)14-12-22(20)28/h15,17,20-24,33H,5-14,16H2,1-4H3,(H,30,34)(H,31,35)(H,36,37). The van der Waals surface area contributed by atoms with E-state index in [0.717, 1.165) is 50.7 Å². The molecular formula is C29H45N3O6. The van der Waals surface area contributed by atoms with Gasteiger partial charge in [0.25, 0.3) is 5.91 Å². The van der Waals surface area contributed by atoms with Crippen LogP contribution in [0.2, 0.25) is 0 Å². The zero-order chi connectivity index (χ0) is 27.7. The molecule has 0 saturated heterocycles. The van der Waals surface area contributed by atoms with E-state index in [4.69, 9.17) is 4.84 Å². The van der Waals surface area contributed by atoms with Crippen LogP contribution >= 0.6 is 0 Å². The van der Waals surface area contributed by atoms with Gasteiger partial charge in [-0.3, -0.25) is 9.59 Å². The molecule has 9 nitrogen and oxygen atoms in total. The lowest BCUT2D eigenvalue weighted by molar-refractivity contribution is -0.142. The highest BCUT2D eigenvalue weighted by Crippen LogP contribution is 2.65. The molecule has 8 unspecified atom stereocenters. The highest BCUT2D eigenvalue weighted by molar-refractivity contribution is 5.96. The lowest BCUT2D eigenvalue weighted by Gasteiger charge is -2.57. The van der Waals surface area contributed by atoms with Gasteiger partial charge in [-0.25, -0.2) is 4.79 Å². The molecule has 2 amide bonds. The van der Waals surface area contributed by atoms with Crippen molar-refractivity contribution in [3.05, 3.63) is 11.6 Å². The molecule has 3 fully saturated rings. The monoisotopic (exact) mass is 531 g/mol. The van der Waals surface area contributed by atoms with E-state index >= 15 is 0 Å². The second-order valence-corrected chi connectivity index (χ2v) is 12.5. The number of oxime groups is 1. The van der Waals surface area contributed by atoms with Gasteiger partial charge in [-0.05, 0) is 99.4 Å². The first kappa shape index (κ1) is 28.6. The van der Waals surface area contributed by atoms with Crippen molar-refractivity contribution in [2.75, 3.05) is 6.61 Å². The highest BCUT2D eigenvalue weighted by atomic mass is 16.6. The quantitative estimate of drug-likeness (QED) is 0.336. The molecule has 0 heterocycles. The van der Waals surface area contributed by atoms with Crippen LogP contribution in [0.1, 0.15) is 91.9 Å². The summed E-state index contributed by atoms with van der Waals surface area (Å²) in [6.07, 6.45) is 11.3. The second kappa shape index (κ2) is 11.4. The van der Waals surface area contributed by atoms with Crippen LogP contribution in [0.4, 0.5) is 0 Å². The van der Waals surface area contributed by atoms with Crippen LogP contribution in [-0.4, -0.2) is 58.5 Å². The Kier molecular flexibility index (Phi) is 8.55. The zero-order valence-corrected chi connectivity index (χ0v) is 23.3. The molecule has 8 atom stereocenters. The molecule has 3 saturated carbocycles. The van der Waals surface area contributed by atoms with E-state index in [1.165, 1.54) is 18.9 Å². The van der Waals surface area contributed by atoms with Gasteiger partial charge in [-0.2, -0.15) is 0 Å². The number of nitrogens with one attached hydrogen (secondary N) is 2. The number of carbonyl (C=O) groups is 3. The van der Waals surface area contributed by atoms with E-state index in [1.807, 2.05) is 6.92 Å². The molecule has 0 bridgehead atoms. The predicted molar refractivity (Wildman–Crippen MR) is 143 cm³/mol. The van der Waals surface area contributed by atoms with Gasteiger partial charge >= 0.3 is 5.97 Å². The zero-order valence-electron chi connectivity index (χ0n) is 23.3. The van der Waals surface area contributed by atoms with Crippen molar-refractivity contribution in [3.63, 3.8) is 0 Å². The number of allylic oxidation sites excluding steroid dienone is 2. The number of carboxylic acids is 1. The number of aliphatic carboxylic acids is 1. The first-order valence-corrected chi connectivity index (χ1v) is 14.4. The minimum atomic E-state index is -1.09. The Morgan fingerprint density at radius 2 is 1.87 bits per heavy atom. The van der Waals surface area contributed by atoms with Crippen LogP contribution in [0.3, 0.4) is 0 Å². The topological polar surface area (TPSA) is 137 Å². The van der Waals surface area contributed by atoms with Crippen molar-refractivity contribution in [1.29, 1.82) is 0 Å². The summed E-state index contributed by atoms with van der Waals surface area (Å²) in [4.78, 5) is 41.2. The molecule has 9 heteroatoms. The number of amides is 2. The smallest absolute Gasteiger partial charge is 0.326 e. The number of rotatable bonds is 9. The SMILES string of the molecule is CCCC(NC(=O)C(C)NC(=O)CON=C1C=C2CCC3C(CCC4(C)C(O)CCC34)C2(C)CC1)C(=O)O. The molecule has 212 valence electrons. The van der Waals surface area contributed by atoms with Crippen LogP contribution in [0.5, 0.6) is 0 Å². The number of aliphatic hydroxyl groups is 1. The van der Waals surface area contributed by atoms with Crippen molar-refractivity contribution >= 4 is 23.5 Å². The molecule has 0 aromatic carbocycles. The van der Waals surface area contributed by atoms with Gasteiger partial charge in [0.2, 0.25) is 5.91 Å². The van der Waals surface area contributed by atoms with Crippen LogP contribution < -0.4 is 10.6 Å². The van der Waals surface area contributed by atoms with E-state index in [2.05, 4.69) is 35.7 Å². The Morgan fingerprint density at radius 1 is 1.11 bits per heavy atom. The largest absolute Gasteiger partial charge is 0.480 e. The minimum absolute atomic E-state index is 0.0834. The Bertz CT molecular complexity index is 995. The fraction of sp³-hybridized carbons (Fsp3) is 0.793. The maximum absolute atomic E-state index is 12.3. The van der Waals surface area contributed by atoms with Crippen LogP contribution in [-0.2, 0) is 19.2 Å². The van der Waals surface area contributed by atoms with Gasteiger partial charge in [0.15, 0.2) is 6.61 Å². The second-order valence-electron chi connectivity index (χ2n) is 12.5. The molecule has 38 heavy (non-hydrogen) atoms. The molecular weight excluding hydrogens is 486 g/mol. The molecule has 0 spiro atoms.